The second-order valence-corrected chi connectivity index (χ2v) is 8.09. The fourth-order valence-electron chi connectivity index (χ4n) is 4.30. The van der Waals surface area contributed by atoms with Gasteiger partial charge in [0, 0.05) is 54.7 Å². The predicted octanol–water partition coefficient (Wildman–Crippen LogP) is 3.60. The molecule has 1 aromatic carbocycles. The third-order valence-electron chi connectivity index (χ3n) is 5.60. The van der Waals surface area contributed by atoms with E-state index < -0.39 is 0 Å². The lowest BCUT2D eigenvalue weighted by atomic mass is 10.1. The maximum absolute atomic E-state index is 12.7. The van der Waals surface area contributed by atoms with Gasteiger partial charge in [0.25, 0.3) is 0 Å². The highest BCUT2D eigenvalue weighted by Crippen LogP contribution is 2.26. The van der Waals surface area contributed by atoms with Gasteiger partial charge in [-0.05, 0) is 50.6 Å². The van der Waals surface area contributed by atoms with Crippen molar-refractivity contribution in [3.63, 3.8) is 0 Å². The fourth-order valence-corrected chi connectivity index (χ4v) is 4.30. The number of piperazine rings is 1. The second kappa shape index (κ2) is 6.74. The monoisotopic (exact) mass is 388 g/mol. The molecule has 0 bridgehead atoms. The van der Waals surface area contributed by atoms with Gasteiger partial charge >= 0.3 is 5.63 Å². The van der Waals surface area contributed by atoms with Crippen LogP contribution in [-0.2, 0) is 0 Å². The second-order valence-electron chi connectivity index (χ2n) is 8.09. The summed E-state index contributed by atoms with van der Waals surface area (Å²) >= 11 is 0. The quantitative estimate of drug-likeness (QED) is 0.532. The number of imidazole rings is 1. The van der Waals surface area contributed by atoms with Gasteiger partial charge in [0.2, 0.25) is 0 Å². The zero-order valence-electron chi connectivity index (χ0n) is 16.8. The summed E-state index contributed by atoms with van der Waals surface area (Å²) in [5.41, 5.74) is 4.35. The van der Waals surface area contributed by atoms with Crippen molar-refractivity contribution in [2.45, 2.75) is 32.9 Å². The Morgan fingerprint density at radius 3 is 2.69 bits per heavy atom. The number of anilines is 1. The Balaban J connectivity index is 1.56. The van der Waals surface area contributed by atoms with Crippen molar-refractivity contribution in [3.8, 4) is 11.3 Å². The summed E-state index contributed by atoms with van der Waals surface area (Å²) in [6, 6.07) is 12.8. The molecule has 6 heteroatoms. The molecule has 0 radical (unpaired) electrons. The van der Waals surface area contributed by atoms with Crippen LogP contribution >= 0.6 is 0 Å². The van der Waals surface area contributed by atoms with E-state index in [1.807, 2.05) is 54.0 Å². The molecule has 0 aliphatic carbocycles. The molecule has 0 spiro atoms. The number of rotatable bonds is 2. The molecule has 4 aromatic rings. The molecular weight excluding hydrogens is 364 g/mol. The minimum absolute atomic E-state index is 0.363. The Morgan fingerprint density at radius 1 is 1.14 bits per heavy atom. The normalized spacial score (nSPS) is 19.9. The summed E-state index contributed by atoms with van der Waals surface area (Å²) in [6.07, 6.45) is 3.81. The Bertz CT molecular complexity index is 1260. The third kappa shape index (κ3) is 3.19. The van der Waals surface area contributed by atoms with Crippen LogP contribution in [0, 0.1) is 6.92 Å². The molecule has 2 unspecified atom stereocenters. The lowest BCUT2D eigenvalue weighted by molar-refractivity contribution is 0.407. The van der Waals surface area contributed by atoms with Crippen LogP contribution in [0.2, 0.25) is 0 Å². The fraction of sp³-hybridized carbons (Fsp3) is 0.304. The van der Waals surface area contributed by atoms with Crippen LogP contribution in [0.3, 0.4) is 0 Å². The largest absolute Gasteiger partial charge is 0.422 e. The molecule has 29 heavy (non-hydrogen) atoms. The summed E-state index contributed by atoms with van der Waals surface area (Å²) < 4.78 is 7.65. The molecule has 1 saturated heterocycles. The maximum Gasteiger partial charge on any atom is 0.345 e. The molecule has 4 heterocycles. The number of hydrogen-bond donors (Lipinski definition) is 1. The predicted molar refractivity (Wildman–Crippen MR) is 116 cm³/mol. The van der Waals surface area contributed by atoms with Crippen LogP contribution in [0.1, 0.15) is 19.4 Å². The summed E-state index contributed by atoms with van der Waals surface area (Å²) in [5.74, 6) is 0. The molecule has 0 saturated carbocycles. The van der Waals surface area contributed by atoms with Gasteiger partial charge in [0.1, 0.15) is 11.2 Å². The molecule has 1 aliphatic heterocycles. The Morgan fingerprint density at radius 2 is 1.93 bits per heavy atom. The maximum atomic E-state index is 12.7. The summed E-state index contributed by atoms with van der Waals surface area (Å²) in [5, 5.41) is 4.44. The first-order valence-electron chi connectivity index (χ1n) is 10.0. The van der Waals surface area contributed by atoms with Crippen LogP contribution in [-0.4, -0.2) is 34.6 Å². The first-order chi connectivity index (χ1) is 14.0. The number of fused-ring (bicyclic) bond motifs is 2. The van der Waals surface area contributed by atoms with Gasteiger partial charge in [0.15, 0.2) is 0 Å². The van der Waals surface area contributed by atoms with Gasteiger partial charge in [-0.2, -0.15) is 0 Å². The minimum Gasteiger partial charge on any atom is -0.422 e. The van der Waals surface area contributed by atoms with Gasteiger partial charge in [0.05, 0.1) is 11.3 Å². The van der Waals surface area contributed by atoms with Gasteiger partial charge < -0.3 is 19.0 Å². The lowest BCUT2D eigenvalue weighted by Crippen LogP contribution is -2.54. The van der Waals surface area contributed by atoms with E-state index in [4.69, 9.17) is 4.42 Å². The zero-order valence-corrected chi connectivity index (χ0v) is 16.8. The van der Waals surface area contributed by atoms with E-state index in [-0.39, 0.29) is 5.63 Å². The van der Waals surface area contributed by atoms with E-state index in [9.17, 15) is 4.79 Å². The highest BCUT2D eigenvalue weighted by atomic mass is 16.4. The molecule has 6 nitrogen and oxygen atoms in total. The van der Waals surface area contributed by atoms with Crippen molar-refractivity contribution < 1.29 is 4.42 Å². The first-order valence-corrected chi connectivity index (χ1v) is 10.0. The Hall–Kier alpha value is -3.12. The number of nitrogens with zero attached hydrogens (tertiary/aromatic N) is 3. The molecular formula is C23H24N4O2. The average molecular weight is 388 g/mol. The highest BCUT2D eigenvalue weighted by Gasteiger charge is 2.21. The standard InChI is InChI=1S/C23H24N4O2/c1-14-5-4-8-26-13-20(25-22(14)26)19-9-17-6-7-18(10-21(17)29-23(19)28)27-11-15(2)24-16(3)12-27/h4-10,13,15-16,24H,11-12H2,1-3H3. The first kappa shape index (κ1) is 17.9. The van der Waals surface area contributed by atoms with Crippen LogP contribution in [0.4, 0.5) is 5.69 Å². The van der Waals surface area contributed by atoms with E-state index in [1.165, 1.54) is 0 Å². The zero-order chi connectivity index (χ0) is 20.1. The van der Waals surface area contributed by atoms with Crippen LogP contribution in [0.5, 0.6) is 0 Å². The van der Waals surface area contributed by atoms with E-state index in [1.54, 1.807) is 0 Å². The average Bonchev–Trinajstić information content (AvgIpc) is 3.11. The summed E-state index contributed by atoms with van der Waals surface area (Å²) in [6.45, 7) is 8.24. The SMILES string of the molecule is Cc1cccn2cc(-c3cc4ccc(N5CC(C)NC(C)C5)cc4oc3=O)nc12. The molecule has 1 N–H and O–H groups in total. The molecule has 3 aromatic heterocycles. The van der Waals surface area contributed by atoms with E-state index >= 15 is 0 Å². The Labute approximate surface area is 168 Å². The van der Waals surface area contributed by atoms with Crippen LogP contribution in [0.25, 0.3) is 27.9 Å². The number of nitrogens with one attached hydrogen (secondary N) is 1. The topological polar surface area (TPSA) is 62.8 Å². The van der Waals surface area contributed by atoms with Crippen molar-refractivity contribution in [2.75, 3.05) is 18.0 Å². The molecule has 1 aliphatic rings. The smallest absolute Gasteiger partial charge is 0.345 e. The van der Waals surface area contributed by atoms with E-state index in [0.29, 0.717) is 28.9 Å². The summed E-state index contributed by atoms with van der Waals surface area (Å²) in [4.78, 5) is 19.7. The van der Waals surface area contributed by atoms with Crippen molar-refractivity contribution in [1.29, 1.82) is 0 Å². The Kier molecular flexibility index (Phi) is 4.17. The lowest BCUT2D eigenvalue weighted by Gasteiger charge is -2.37. The number of pyridine rings is 1. The molecule has 148 valence electrons. The third-order valence-corrected chi connectivity index (χ3v) is 5.60. The number of aromatic nitrogens is 2. The van der Waals surface area contributed by atoms with Gasteiger partial charge in [-0.15, -0.1) is 0 Å². The number of hydrogen-bond acceptors (Lipinski definition) is 5. The van der Waals surface area contributed by atoms with Crippen LogP contribution in [0.15, 0.2) is 58.0 Å². The molecule has 0 amide bonds. The molecule has 1 fully saturated rings. The van der Waals surface area contributed by atoms with Crippen molar-refractivity contribution in [2.24, 2.45) is 0 Å². The van der Waals surface area contributed by atoms with Gasteiger partial charge in [-0.3, -0.25) is 0 Å². The highest BCUT2D eigenvalue weighted by molar-refractivity contribution is 5.84. The number of benzene rings is 1. The van der Waals surface area contributed by atoms with Crippen molar-refractivity contribution >= 4 is 22.3 Å². The minimum atomic E-state index is -0.363. The van der Waals surface area contributed by atoms with E-state index in [0.717, 1.165) is 35.4 Å². The van der Waals surface area contributed by atoms with Crippen molar-refractivity contribution in [1.82, 2.24) is 14.7 Å². The van der Waals surface area contributed by atoms with Gasteiger partial charge in [-0.25, -0.2) is 9.78 Å². The van der Waals surface area contributed by atoms with E-state index in [2.05, 4.69) is 35.1 Å². The molecule has 5 rings (SSSR count). The number of aryl methyl sites for hydroxylation is 1. The van der Waals surface area contributed by atoms with Crippen molar-refractivity contribution in [3.05, 3.63) is 64.8 Å². The van der Waals surface area contributed by atoms with Crippen LogP contribution < -0.4 is 15.8 Å². The summed E-state index contributed by atoms with van der Waals surface area (Å²) in [7, 11) is 0. The molecule has 2 atom stereocenters. The van der Waals surface area contributed by atoms with Gasteiger partial charge in [-0.1, -0.05) is 6.07 Å².